The first-order chi connectivity index (χ1) is 6.99. The summed E-state index contributed by atoms with van der Waals surface area (Å²) in [5, 5.41) is 5.12. The van der Waals surface area contributed by atoms with E-state index in [2.05, 4.69) is 20.6 Å². The maximum atomic E-state index is 12.5. The number of anilines is 2. The van der Waals surface area contributed by atoms with E-state index in [1.807, 2.05) is 0 Å². The van der Waals surface area contributed by atoms with Crippen LogP contribution in [-0.2, 0) is 6.18 Å². The number of alkyl halides is 3. The van der Waals surface area contributed by atoms with Gasteiger partial charge in [-0.05, 0) is 6.92 Å². The van der Waals surface area contributed by atoms with E-state index >= 15 is 0 Å². The molecule has 4 nitrogen and oxygen atoms in total. The highest BCUT2D eigenvalue weighted by Gasteiger charge is 2.35. The lowest BCUT2D eigenvalue weighted by molar-refractivity contribution is -0.137. The average Bonchev–Trinajstić information content (AvgIpc) is 2.16. The Morgan fingerprint density at radius 3 is 2.53 bits per heavy atom. The van der Waals surface area contributed by atoms with Gasteiger partial charge >= 0.3 is 6.18 Å². The summed E-state index contributed by atoms with van der Waals surface area (Å²) in [6.07, 6.45) is -3.68. The highest BCUT2D eigenvalue weighted by Crippen LogP contribution is 2.33. The van der Waals surface area contributed by atoms with Gasteiger partial charge < -0.3 is 10.6 Å². The Kier molecular flexibility index (Phi) is 3.33. The lowest BCUT2D eigenvalue weighted by atomic mass is 10.3. The third-order valence-electron chi connectivity index (χ3n) is 1.66. The zero-order chi connectivity index (χ0) is 11.5. The second-order valence-electron chi connectivity index (χ2n) is 2.73. The SMILES string of the molecule is CCNc1nc(NC)ncc1C(F)(F)F. The number of rotatable bonds is 3. The Morgan fingerprint density at radius 2 is 2.07 bits per heavy atom. The van der Waals surface area contributed by atoms with Crippen molar-refractivity contribution in [3.8, 4) is 0 Å². The summed E-state index contributed by atoms with van der Waals surface area (Å²) in [6, 6.07) is 0. The standard InChI is InChI=1S/C8H11F3N4/c1-3-13-6-5(8(9,10)11)4-14-7(12-2)15-6/h4H,3H2,1-2H3,(H2,12,13,14,15). The van der Waals surface area contributed by atoms with E-state index in [4.69, 9.17) is 0 Å². The van der Waals surface area contributed by atoms with Gasteiger partial charge in [0.2, 0.25) is 5.95 Å². The number of hydrogen-bond donors (Lipinski definition) is 2. The summed E-state index contributed by atoms with van der Waals surface area (Å²) < 4.78 is 37.4. The molecular formula is C8H11F3N4. The van der Waals surface area contributed by atoms with Gasteiger partial charge in [0.25, 0.3) is 0 Å². The van der Waals surface area contributed by atoms with Gasteiger partial charge in [0.05, 0.1) is 0 Å². The predicted octanol–water partition coefficient (Wildman–Crippen LogP) is 1.97. The fourth-order valence-corrected chi connectivity index (χ4v) is 1.01. The van der Waals surface area contributed by atoms with Gasteiger partial charge in [-0.1, -0.05) is 0 Å². The van der Waals surface area contributed by atoms with Crippen LogP contribution in [0.4, 0.5) is 24.9 Å². The molecule has 1 aromatic rings. The molecule has 2 N–H and O–H groups in total. The minimum Gasteiger partial charge on any atom is -0.370 e. The maximum absolute atomic E-state index is 12.5. The largest absolute Gasteiger partial charge is 0.421 e. The van der Waals surface area contributed by atoms with Gasteiger partial charge in [0.15, 0.2) is 0 Å². The summed E-state index contributed by atoms with van der Waals surface area (Å²) in [7, 11) is 1.54. The first-order valence-corrected chi connectivity index (χ1v) is 4.35. The van der Waals surface area contributed by atoms with Gasteiger partial charge in [-0.2, -0.15) is 18.2 Å². The van der Waals surface area contributed by atoms with Crippen molar-refractivity contribution in [2.24, 2.45) is 0 Å². The van der Waals surface area contributed by atoms with Crippen molar-refractivity contribution in [3.63, 3.8) is 0 Å². The van der Waals surface area contributed by atoms with Crippen molar-refractivity contribution in [3.05, 3.63) is 11.8 Å². The second kappa shape index (κ2) is 4.33. The third-order valence-corrected chi connectivity index (χ3v) is 1.66. The van der Waals surface area contributed by atoms with Crippen LogP contribution in [0.15, 0.2) is 6.20 Å². The molecule has 0 saturated heterocycles. The molecule has 0 unspecified atom stereocenters. The van der Waals surface area contributed by atoms with E-state index in [1.165, 1.54) is 0 Å². The minimum atomic E-state index is -4.44. The lowest BCUT2D eigenvalue weighted by Gasteiger charge is -2.12. The van der Waals surface area contributed by atoms with E-state index < -0.39 is 11.7 Å². The molecule has 84 valence electrons. The molecule has 0 bridgehead atoms. The Labute approximate surface area is 84.9 Å². The van der Waals surface area contributed by atoms with Crippen molar-refractivity contribution in [1.82, 2.24) is 9.97 Å². The molecule has 0 amide bonds. The molecule has 15 heavy (non-hydrogen) atoms. The topological polar surface area (TPSA) is 49.8 Å². The quantitative estimate of drug-likeness (QED) is 0.817. The number of nitrogens with one attached hydrogen (secondary N) is 2. The number of halogens is 3. The van der Waals surface area contributed by atoms with Gasteiger partial charge in [0, 0.05) is 19.8 Å². The Morgan fingerprint density at radius 1 is 1.40 bits per heavy atom. The fourth-order valence-electron chi connectivity index (χ4n) is 1.01. The molecule has 0 aromatic carbocycles. The Hall–Kier alpha value is -1.53. The van der Waals surface area contributed by atoms with Crippen molar-refractivity contribution in [2.75, 3.05) is 24.2 Å². The molecule has 1 heterocycles. The molecule has 0 aliphatic rings. The van der Waals surface area contributed by atoms with Crippen molar-refractivity contribution in [2.45, 2.75) is 13.1 Å². The van der Waals surface area contributed by atoms with E-state index in [0.717, 1.165) is 6.20 Å². The van der Waals surface area contributed by atoms with Gasteiger partial charge in [-0.3, -0.25) is 0 Å². The van der Waals surface area contributed by atoms with Crippen molar-refractivity contribution < 1.29 is 13.2 Å². The third kappa shape index (κ3) is 2.71. The molecule has 0 spiro atoms. The average molecular weight is 220 g/mol. The van der Waals surface area contributed by atoms with Crippen LogP contribution in [0.5, 0.6) is 0 Å². The van der Waals surface area contributed by atoms with Crippen LogP contribution in [0, 0.1) is 0 Å². The van der Waals surface area contributed by atoms with Crippen LogP contribution >= 0.6 is 0 Å². The molecule has 0 fully saturated rings. The first kappa shape index (κ1) is 11.5. The summed E-state index contributed by atoms with van der Waals surface area (Å²) in [4.78, 5) is 7.22. The van der Waals surface area contributed by atoms with E-state index in [-0.39, 0.29) is 11.8 Å². The van der Waals surface area contributed by atoms with Crippen LogP contribution in [0.3, 0.4) is 0 Å². The maximum Gasteiger partial charge on any atom is 0.421 e. The summed E-state index contributed by atoms with van der Waals surface area (Å²) >= 11 is 0. The number of aromatic nitrogens is 2. The van der Waals surface area contributed by atoms with Gasteiger partial charge in [-0.15, -0.1) is 0 Å². The first-order valence-electron chi connectivity index (χ1n) is 4.35. The zero-order valence-electron chi connectivity index (χ0n) is 8.31. The molecular weight excluding hydrogens is 209 g/mol. The molecule has 0 aliphatic carbocycles. The van der Waals surface area contributed by atoms with Gasteiger partial charge in [0.1, 0.15) is 11.4 Å². The van der Waals surface area contributed by atoms with E-state index in [9.17, 15) is 13.2 Å². The molecule has 1 rings (SSSR count). The molecule has 0 saturated carbocycles. The highest BCUT2D eigenvalue weighted by atomic mass is 19.4. The molecule has 0 aliphatic heterocycles. The van der Waals surface area contributed by atoms with E-state index in [1.54, 1.807) is 14.0 Å². The lowest BCUT2D eigenvalue weighted by Crippen LogP contribution is -2.14. The zero-order valence-corrected chi connectivity index (χ0v) is 8.31. The Bertz CT molecular complexity index is 337. The molecule has 0 atom stereocenters. The van der Waals surface area contributed by atoms with Crippen molar-refractivity contribution in [1.29, 1.82) is 0 Å². The van der Waals surface area contributed by atoms with Crippen LogP contribution < -0.4 is 10.6 Å². The smallest absolute Gasteiger partial charge is 0.370 e. The number of hydrogen-bond acceptors (Lipinski definition) is 4. The molecule has 0 radical (unpaired) electrons. The summed E-state index contributed by atoms with van der Waals surface area (Å²) in [5.74, 6) is -0.0525. The van der Waals surface area contributed by atoms with Crippen LogP contribution in [0.2, 0.25) is 0 Å². The molecule has 1 aromatic heterocycles. The predicted molar refractivity (Wildman–Crippen MR) is 50.7 cm³/mol. The van der Waals surface area contributed by atoms with Crippen LogP contribution in [0.25, 0.3) is 0 Å². The fraction of sp³-hybridized carbons (Fsp3) is 0.500. The minimum absolute atomic E-state index is 0.152. The number of nitrogens with zero attached hydrogens (tertiary/aromatic N) is 2. The highest BCUT2D eigenvalue weighted by molar-refractivity contribution is 5.48. The van der Waals surface area contributed by atoms with Crippen LogP contribution in [-0.4, -0.2) is 23.6 Å². The van der Waals surface area contributed by atoms with Gasteiger partial charge in [-0.25, -0.2) is 4.98 Å². The molecule has 7 heteroatoms. The summed E-state index contributed by atoms with van der Waals surface area (Å²) in [5.41, 5.74) is -0.858. The Balaban J connectivity index is 3.15. The van der Waals surface area contributed by atoms with E-state index in [0.29, 0.717) is 6.54 Å². The normalized spacial score (nSPS) is 11.3. The monoisotopic (exact) mass is 220 g/mol. The van der Waals surface area contributed by atoms with Crippen LogP contribution in [0.1, 0.15) is 12.5 Å². The van der Waals surface area contributed by atoms with Crippen molar-refractivity contribution >= 4 is 11.8 Å². The second-order valence-corrected chi connectivity index (χ2v) is 2.73. The summed E-state index contributed by atoms with van der Waals surface area (Å²) in [6.45, 7) is 2.06.